The molecule has 1 aromatic carbocycles. The molecule has 0 saturated carbocycles. The summed E-state index contributed by atoms with van der Waals surface area (Å²) >= 11 is 1.31. The fraction of sp³-hybridized carbons (Fsp3) is 0. The van der Waals surface area contributed by atoms with Gasteiger partial charge in [-0.15, -0.1) is 0 Å². The lowest BCUT2D eigenvalue weighted by Crippen LogP contribution is -2.20. The van der Waals surface area contributed by atoms with E-state index in [2.05, 4.69) is 4.98 Å². The van der Waals surface area contributed by atoms with Crippen molar-refractivity contribution in [2.75, 3.05) is 0 Å². The van der Waals surface area contributed by atoms with Gasteiger partial charge in [0.1, 0.15) is 16.2 Å². The minimum absolute atomic E-state index is 0.0857. The van der Waals surface area contributed by atoms with E-state index in [0.717, 1.165) is 4.90 Å². The van der Waals surface area contributed by atoms with Crippen LogP contribution in [-0.4, -0.2) is 15.7 Å². The topological polar surface area (TPSA) is 51.4 Å². The number of aldehydes is 1. The van der Waals surface area contributed by atoms with E-state index in [0.29, 0.717) is 17.0 Å². The molecule has 0 spiro atoms. The van der Waals surface area contributed by atoms with Crippen molar-refractivity contribution < 1.29 is 4.79 Å². The van der Waals surface area contributed by atoms with Gasteiger partial charge in [0.15, 0.2) is 6.29 Å². The van der Waals surface area contributed by atoms with Crippen molar-refractivity contribution in [2.45, 2.75) is 9.92 Å². The zero-order chi connectivity index (χ0) is 13.9. The van der Waals surface area contributed by atoms with E-state index in [4.69, 9.17) is 0 Å². The van der Waals surface area contributed by atoms with Gasteiger partial charge in [-0.1, -0.05) is 36.0 Å². The van der Waals surface area contributed by atoms with Crippen molar-refractivity contribution in [3.05, 3.63) is 70.6 Å². The van der Waals surface area contributed by atoms with Gasteiger partial charge >= 0.3 is 0 Å². The molecule has 2 heterocycles. The van der Waals surface area contributed by atoms with Crippen LogP contribution in [0.25, 0.3) is 5.65 Å². The van der Waals surface area contributed by atoms with E-state index >= 15 is 0 Å². The van der Waals surface area contributed by atoms with Crippen LogP contribution in [0.4, 0.5) is 0 Å². The van der Waals surface area contributed by atoms with Crippen molar-refractivity contribution >= 4 is 23.7 Å². The second-order valence-corrected chi connectivity index (χ2v) is 5.16. The number of rotatable bonds is 3. The minimum Gasteiger partial charge on any atom is -0.298 e. The number of hydrogen-bond donors (Lipinski definition) is 0. The van der Waals surface area contributed by atoms with Gasteiger partial charge in [0, 0.05) is 11.1 Å². The van der Waals surface area contributed by atoms with Crippen LogP contribution in [0.5, 0.6) is 0 Å². The second-order valence-electron chi connectivity index (χ2n) is 4.10. The summed E-state index contributed by atoms with van der Waals surface area (Å²) in [6.45, 7) is 0. The predicted molar refractivity (Wildman–Crippen MR) is 77.4 cm³/mol. The van der Waals surface area contributed by atoms with Gasteiger partial charge in [-0.05, 0) is 24.3 Å². The summed E-state index contributed by atoms with van der Waals surface area (Å²) in [6, 6.07) is 14.8. The molecule has 0 fully saturated rings. The molecule has 0 N–H and O–H groups in total. The lowest BCUT2D eigenvalue weighted by Gasteiger charge is -2.06. The summed E-state index contributed by atoms with van der Waals surface area (Å²) < 4.78 is 1.37. The molecule has 5 heteroatoms. The van der Waals surface area contributed by atoms with Crippen molar-refractivity contribution in [1.82, 2.24) is 9.38 Å². The van der Waals surface area contributed by atoms with E-state index in [-0.39, 0.29) is 11.1 Å². The number of benzene rings is 1. The van der Waals surface area contributed by atoms with Gasteiger partial charge in [0.25, 0.3) is 5.56 Å². The number of nitrogens with zero attached hydrogens (tertiary/aromatic N) is 2. The first kappa shape index (κ1) is 12.6. The molecular formula is C15H10N2O2S. The Balaban J connectivity index is 2.19. The standard InChI is InChI=1S/C15H10N2O2S/c18-10-12-14(20-11-6-2-1-3-7-11)16-13-8-4-5-9-17(13)15(12)19/h1-10H. The fourth-order valence-electron chi connectivity index (χ4n) is 1.86. The first-order valence-electron chi connectivity index (χ1n) is 5.99. The number of carbonyl (C=O) groups excluding carboxylic acids is 1. The molecule has 0 saturated heterocycles. The van der Waals surface area contributed by atoms with E-state index in [1.807, 2.05) is 30.3 Å². The lowest BCUT2D eigenvalue weighted by atomic mass is 10.3. The number of hydrogen-bond acceptors (Lipinski definition) is 4. The Hall–Kier alpha value is -2.40. The fourth-order valence-corrected chi connectivity index (χ4v) is 2.76. The Morgan fingerprint density at radius 3 is 2.55 bits per heavy atom. The number of carbonyl (C=O) groups is 1. The zero-order valence-corrected chi connectivity index (χ0v) is 11.2. The number of aromatic nitrogens is 2. The Morgan fingerprint density at radius 1 is 1.05 bits per heavy atom. The predicted octanol–water partition coefficient (Wildman–Crippen LogP) is 2.66. The number of pyridine rings is 1. The first-order chi connectivity index (χ1) is 9.79. The normalized spacial score (nSPS) is 10.6. The second kappa shape index (κ2) is 5.30. The van der Waals surface area contributed by atoms with E-state index in [1.54, 1.807) is 24.4 Å². The Morgan fingerprint density at radius 2 is 1.80 bits per heavy atom. The van der Waals surface area contributed by atoms with Crippen molar-refractivity contribution in [1.29, 1.82) is 0 Å². The smallest absolute Gasteiger partial charge is 0.269 e. The monoisotopic (exact) mass is 282 g/mol. The average Bonchev–Trinajstić information content (AvgIpc) is 2.49. The maximum absolute atomic E-state index is 12.2. The average molecular weight is 282 g/mol. The molecule has 3 rings (SSSR count). The Bertz CT molecular complexity index is 828. The van der Waals surface area contributed by atoms with Gasteiger partial charge in [-0.3, -0.25) is 14.0 Å². The van der Waals surface area contributed by atoms with E-state index in [9.17, 15) is 9.59 Å². The van der Waals surface area contributed by atoms with Crippen LogP contribution in [0.15, 0.2) is 69.4 Å². The van der Waals surface area contributed by atoms with Crippen LogP contribution in [0.2, 0.25) is 0 Å². The third kappa shape index (κ3) is 2.23. The molecule has 0 bridgehead atoms. The van der Waals surface area contributed by atoms with Gasteiger partial charge in [-0.2, -0.15) is 0 Å². The van der Waals surface area contributed by atoms with Crippen LogP contribution >= 0.6 is 11.8 Å². The molecule has 4 nitrogen and oxygen atoms in total. The Labute approximate surface area is 119 Å². The highest BCUT2D eigenvalue weighted by Gasteiger charge is 2.12. The quantitative estimate of drug-likeness (QED) is 0.547. The molecule has 0 amide bonds. The van der Waals surface area contributed by atoms with Crippen LogP contribution in [0.1, 0.15) is 10.4 Å². The molecule has 0 aliphatic rings. The highest BCUT2D eigenvalue weighted by Crippen LogP contribution is 2.26. The van der Waals surface area contributed by atoms with Crippen molar-refractivity contribution in [3.8, 4) is 0 Å². The Kier molecular flexibility index (Phi) is 3.35. The molecule has 3 aromatic rings. The SMILES string of the molecule is O=Cc1c(Sc2ccccc2)nc2ccccn2c1=O. The third-order valence-electron chi connectivity index (χ3n) is 2.81. The maximum atomic E-state index is 12.2. The summed E-state index contributed by atoms with van der Waals surface area (Å²) in [5.74, 6) is 0. The molecule has 0 radical (unpaired) electrons. The lowest BCUT2D eigenvalue weighted by molar-refractivity contribution is 0.111. The number of fused-ring (bicyclic) bond motifs is 1. The summed E-state index contributed by atoms with van der Waals surface area (Å²) in [5.41, 5.74) is 0.271. The van der Waals surface area contributed by atoms with Crippen LogP contribution in [0, 0.1) is 0 Å². The van der Waals surface area contributed by atoms with Crippen LogP contribution in [-0.2, 0) is 0 Å². The molecule has 2 aromatic heterocycles. The van der Waals surface area contributed by atoms with Gasteiger partial charge in [0.2, 0.25) is 0 Å². The van der Waals surface area contributed by atoms with Gasteiger partial charge < -0.3 is 0 Å². The highest BCUT2D eigenvalue weighted by atomic mass is 32.2. The zero-order valence-electron chi connectivity index (χ0n) is 10.4. The summed E-state index contributed by atoms with van der Waals surface area (Å²) in [6.07, 6.45) is 2.18. The molecule has 0 aliphatic carbocycles. The molecule has 0 unspecified atom stereocenters. The molecule has 98 valence electrons. The molecule has 0 atom stereocenters. The van der Waals surface area contributed by atoms with E-state index < -0.39 is 0 Å². The van der Waals surface area contributed by atoms with Crippen LogP contribution in [0.3, 0.4) is 0 Å². The van der Waals surface area contributed by atoms with E-state index in [1.165, 1.54) is 16.2 Å². The van der Waals surface area contributed by atoms with Crippen LogP contribution < -0.4 is 5.56 Å². The molecule has 0 aliphatic heterocycles. The minimum atomic E-state index is -0.343. The molecule has 20 heavy (non-hydrogen) atoms. The largest absolute Gasteiger partial charge is 0.298 e. The first-order valence-corrected chi connectivity index (χ1v) is 6.81. The van der Waals surface area contributed by atoms with Gasteiger partial charge in [0.05, 0.1) is 0 Å². The molecular weight excluding hydrogens is 272 g/mol. The summed E-state index contributed by atoms with van der Waals surface area (Å²) in [7, 11) is 0. The highest BCUT2D eigenvalue weighted by molar-refractivity contribution is 7.99. The van der Waals surface area contributed by atoms with Crippen molar-refractivity contribution in [3.63, 3.8) is 0 Å². The van der Waals surface area contributed by atoms with Gasteiger partial charge in [-0.25, -0.2) is 4.98 Å². The summed E-state index contributed by atoms with van der Waals surface area (Å²) in [5, 5.41) is 0.433. The maximum Gasteiger partial charge on any atom is 0.269 e. The third-order valence-corrected chi connectivity index (χ3v) is 3.82. The van der Waals surface area contributed by atoms with Crippen molar-refractivity contribution in [2.24, 2.45) is 0 Å². The summed E-state index contributed by atoms with van der Waals surface area (Å²) in [4.78, 5) is 28.8.